The lowest BCUT2D eigenvalue weighted by atomic mass is 9.96. The van der Waals surface area contributed by atoms with Crippen LogP contribution in [0.4, 0.5) is 0 Å². The largest absolute Gasteiger partial charge is 0.497 e. The Labute approximate surface area is 108 Å². The summed E-state index contributed by atoms with van der Waals surface area (Å²) in [6.45, 7) is 3.85. The van der Waals surface area contributed by atoms with Gasteiger partial charge in [-0.2, -0.15) is 0 Å². The molecule has 100 valence electrons. The Morgan fingerprint density at radius 3 is 2.72 bits per heavy atom. The molecule has 1 aromatic carbocycles. The lowest BCUT2D eigenvalue weighted by Crippen LogP contribution is -2.45. The molecule has 4 heteroatoms. The van der Waals surface area contributed by atoms with Gasteiger partial charge in [0.2, 0.25) is 0 Å². The molecular formula is C14H21NO3. The Bertz CT molecular complexity index is 379. The van der Waals surface area contributed by atoms with Gasteiger partial charge >= 0.3 is 0 Å². The lowest BCUT2D eigenvalue weighted by molar-refractivity contribution is -0.0262. The molecule has 1 aromatic rings. The number of nitrogens with one attached hydrogen (secondary N) is 1. The zero-order valence-corrected chi connectivity index (χ0v) is 11.0. The van der Waals surface area contributed by atoms with Crippen LogP contribution in [0.1, 0.15) is 18.9 Å². The average Bonchev–Trinajstić information content (AvgIpc) is 2.71. The first-order chi connectivity index (χ1) is 8.64. The van der Waals surface area contributed by atoms with Crippen molar-refractivity contribution in [3.05, 3.63) is 29.8 Å². The van der Waals surface area contributed by atoms with Gasteiger partial charge in [0.15, 0.2) is 0 Å². The van der Waals surface area contributed by atoms with Crippen molar-refractivity contribution in [1.82, 2.24) is 5.32 Å². The Balaban J connectivity index is 1.81. The van der Waals surface area contributed by atoms with Crippen LogP contribution in [0.2, 0.25) is 0 Å². The number of ether oxygens (including phenoxy) is 2. The zero-order chi connectivity index (χ0) is 13.0. The van der Waals surface area contributed by atoms with Crippen LogP contribution < -0.4 is 10.1 Å². The van der Waals surface area contributed by atoms with Crippen LogP contribution in [0.25, 0.3) is 0 Å². The highest BCUT2D eigenvalue weighted by Gasteiger charge is 2.38. The number of benzene rings is 1. The second-order valence-electron chi connectivity index (χ2n) is 4.82. The van der Waals surface area contributed by atoms with E-state index in [4.69, 9.17) is 9.47 Å². The highest BCUT2D eigenvalue weighted by molar-refractivity contribution is 5.27. The van der Waals surface area contributed by atoms with Gasteiger partial charge in [-0.25, -0.2) is 0 Å². The lowest BCUT2D eigenvalue weighted by Gasteiger charge is -2.26. The predicted octanol–water partition coefficient (Wildman–Crippen LogP) is 1.32. The van der Waals surface area contributed by atoms with Gasteiger partial charge in [-0.15, -0.1) is 0 Å². The van der Waals surface area contributed by atoms with E-state index in [0.717, 1.165) is 12.3 Å². The molecule has 2 atom stereocenters. The third kappa shape index (κ3) is 3.02. The summed E-state index contributed by atoms with van der Waals surface area (Å²) in [5.74, 6) is 0.857. The normalized spacial score (nSPS) is 27.4. The van der Waals surface area contributed by atoms with Crippen LogP contribution in [0.3, 0.4) is 0 Å². The van der Waals surface area contributed by atoms with Crippen molar-refractivity contribution in [3.8, 4) is 5.75 Å². The van der Waals surface area contributed by atoms with Crippen LogP contribution in [-0.2, 0) is 11.3 Å². The molecule has 0 aromatic heterocycles. The molecular weight excluding hydrogens is 230 g/mol. The van der Waals surface area contributed by atoms with Crippen molar-refractivity contribution in [3.63, 3.8) is 0 Å². The van der Waals surface area contributed by atoms with E-state index in [1.807, 2.05) is 31.2 Å². The van der Waals surface area contributed by atoms with E-state index in [1.165, 1.54) is 5.56 Å². The standard InChI is InChI=1S/C14H21NO3/c1-11-14(16,7-8-18-11)10-15-9-12-3-5-13(17-2)6-4-12/h3-6,11,15-16H,7-10H2,1-2H3. The second kappa shape index (κ2) is 5.69. The molecule has 1 fully saturated rings. The van der Waals surface area contributed by atoms with Gasteiger partial charge in [0.25, 0.3) is 0 Å². The molecule has 0 radical (unpaired) electrons. The first kappa shape index (κ1) is 13.3. The number of methoxy groups -OCH3 is 1. The van der Waals surface area contributed by atoms with E-state index in [1.54, 1.807) is 7.11 Å². The van der Waals surface area contributed by atoms with Gasteiger partial charge in [0.1, 0.15) is 11.4 Å². The molecule has 1 aliphatic rings. The fourth-order valence-electron chi connectivity index (χ4n) is 2.17. The maximum absolute atomic E-state index is 10.3. The van der Waals surface area contributed by atoms with E-state index in [0.29, 0.717) is 19.6 Å². The highest BCUT2D eigenvalue weighted by atomic mass is 16.5. The maximum Gasteiger partial charge on any atom is 0.118 e. The summed E-state index contributed by atoms with van der Waals surface area (Å²) in [5, 5.41) is 13.6. The molecule has 18 heavy (non-hydrogen) atoms. The minimum atomic E-state index is -0.730. The zero-order valence-electron chi connectivity index (χ0n) is 11.0. The summed E-state index contributed by atoms with van der Waals surface area (Å²) < 4.78 is 10.5. The third-order valence-electron chi connectivity index (χ3n) is 3.58. The van der Waals surface area contributed by atoms with Crippen LogP contribution in [0.5, 0.6) is 5.75 Å². The van der Waals surface area contributed by atoms with Crippen molar-refractivity contribution in [2.45, 2.75) is 31.6 Å². The molecule has 0 amide bonds. The van der Waals surface area contributed by atoms with Crippen LogP contribution in [-0.4, -0.2) is 37.1 Å². The molecule has 2 N–H and O–H groups in total. The minimum absolute atomic E-state index is 0.0964. The summed E-state index contributed by atoms with van der Waals surface area (Å²) in [6, 6.07) is 7.91. The molecule has 0 spiro atoms. The minimum Gasteiger partial charge on any atom is -0.497 e. The van der Waals surface area contributed by atoms with E-state index in [2.05, 4.69) is 5.32 Å². The average molecular weight is 251 g/mol. The van der Waals surface area contributed by atoms with Crippen LogP contribution >= 0.6 is 0 Å². The van der Waals surface area contributed by atoms with Gasteiger partial charge in [-0.1, -0.05) is 12.1 Å². The first-order valence-electron chi connectivity index (χ1n) is 6.32. The first-order valence-corrected chi connectivity index (χ1v) is 6.32. The summed E-state index contributed by atoms with van der Waals surface area (Å²) in [6.07, 6.45) is 0.602. The van der Waals surface area contributed by atoms with Gasteiger partial charge in [-0.05, 0) is 24.6 Å². The van der Waals surface area contributed by atoms with Gasteiger partial charge < -0.3 is 19.9 Å². The molecule has 1 heterocycles. The van der Waals surface area contributed by atoms with E-state index in [-0.39, 0.29) is 6.10 Å². The molecule has 2 rings (SSSR count). The highest BCUT2D eigenvalue weighted by Crippen LogP contribution is 2.24. The molecule has 2 unspecified atom stereocenters. The summed E-state index contributed by atoms with van der Waals surface area (Å²) >= 11 is 0. The van der Waals surface area contributed by atoms with Crippen molar-refractivity contribution in [2.24, 2.45) is 0 Å². The Hall–Kier alpha value is -1.10. The molecule has 0 aliphatic carbocycles. The smallest absolute Gasteiger partial charge is 0.118 e. The molecule has 1 saturated heterocycles. The van der Waals surface area contributed by atoms with Crippen molar-refractivity contribution in [1.29, 1.82) is 0 Å². The van der Waals surface area contributed by atoms with Gasteiger partial charge in [0, 0.05) is 26.1 Å². The summed E-state index contributed by atoms with van der Waals surface area (Å²) in [5.41, 5.74) is 0.443. The molecule has 0 saturated carbocycles. The van der Waals surface area contributed by atoms with Crippen LogP contribution in [0.15, 0.2) is 24.3 Å². The summed E-state index contributed by atoms with van der Waals surface area (Å²) in [7, 11) is 1.66. The maximum atomic E-state index is 10.3. The Morgan fingerprint density at radius 1 is 1.44 bits per heavy atom. The number of hydrogen-bond donors (Lipinski definition) is 2. The second-order valence-corrected chi connectivity index (χ2v) is 4.82. The number of rotatable bonds is 5. The van der Waals surface area contributed by atoms with Crippen molar-refractivity contribution in [2.75, 3.05) is 20.3 Å². The SMILES string of the molecule is COc1ccc(CNCC2(O)CCOC2C)cc1. The third-order valence-corrected chi connectivity index (χ3v) is 3.58. The Morgan fingerprint density at radius 2 is 2.17 bits per heavy atom. The van der Waals surface area contributed by atoms with Gasteiger partial charge in [0.05, 0.1) is 13.2 Å². The van der Waals surface area contributed by atoms with E-state index in [9.17, 15) is 5.11 Å². The quantitative estimate of drug-likeness (QED) is 0.829. The number of aliphatic hydroxyl groups is 1. The molecule has 0 bridgehead atoms. The summed E-state index contributed by atoms with van der Waals surface area (Å²) in [4.78, 5) is 0. The fraction of sp³-hybridized carbons (Fsp3) is 0.571. The molecule has 1 aliphatic heterocycles. The van der Waals surface area contributed by atoms with Crippen LogP contribution in [0, 0.1) is 0 Å². The van der Waals surface area contributed by atoms with Crippen molar-refractivity contribution >= 4 is 0 Å². The van der Waals surface area contributed by atoms with E-state index < -0.39 is 5.60 Å². The fourth-order valence-corrected chi connectivity index (χ4v) is 2.17. The number of hydrogen-bond acceptors (Lipinski definition) is 4. The predicted molar refractivity (Wildman–Crippen MR) is 69.7 cm³/mol. The Kier molecular flexibility index (Phi) is 4.22. The van der Waals surface area contributed by atoms with E-state index >= 15 is 0 Å². The monoisotopic (exact) mass is 251 g/mol. The topological polar surface area (TPSA) is 50.7 Å². The molecule has 4 nitrogen and oxygen atoms in total. The van der Waals surface area contributed by atoms with Gasteiger partial charge in [-0.3, -0.25) is 0 Å². The van der Waals surface area contributed by atoms with Crippen molar-refractivity contribution < 1.29 is 14.6 Å².